The molecular formula is C20H16ClN3O4S. The van der Waals surface area contributed by atoms with Crippen molar-refractivity contribution in [1.29, 1.82) is 0 Å². The molecule has 0 amide bonds. The Bertz CT molecular complexity index is 1450. The minimum Gasteiger partial charge on any atom is -0.294 e. The standard InChI is InChI=1S/C20H16ClN3O4S/c1-29(27,28)24-17(12-14-11-15(21)7-8-18(14)24)13-22-10-9-19(25)23(20(22)26)16-5-3-2-4-6-16/h2-12H,13H2,1H3. The van der Waals surface area contributed by atoms with Gasteiger partial charge in [0.25, 0.3) is 5.56 Å². The maximum absolute atomic E-state index is 13.0. The average molecular weight is 430 g/mol. The fourth-order valence-electron chi connectivity index (χ4n) is 3.34. The lowest BCUT2D eigenvalue weighted by Crippen LogP contribution is -2.38. The number of rotatable bonds is 4. The van der Waals surface area contributed by atoms with E-state index in [-0.39, 0.29) is 6.54 Å². The molecule has 29 heavy (non-hydrogen) atoms. The first-order chi connectivity index (χ1) is 13.8. The second kappa shape index (κ2) is 7.06. The van der Waals surface area contributed by atoms with Crippen molar-refractivity contribution in [2.24, 2.45) is 0 Å². The number of hydrogen-bond donors (Lipinski definition) is 0. The highest BCUT2D eigenvalue weighted by Crippen LogP contribution is 2.25. The molecule has 0 N–H and O–H groups in total. The number of halogens is 1. The van der Waals surface area contributed by atoms with E-state index in [9.17, 15) is 18.0 Å². The third kappa shape index (κ3) is 3.52. The maximum atomic E-state index is 13.0. The van der Waals surface area contributed by atoms with Crippen LogP contribution in [0.3, 0.4) is 0 Å². The van der Waals surface area contributed by atoms with Crippen LogP contribution in [0.4, 0.5) is 0 Å². The number of aromatic nitrogens is 3. The topological polar surface area (TPSA) is 83.1 Å². The molecule has 0 saturated carbocycles. The molecule has 4 rings (SSSR count). The molecule has 148 valence electrons. The van der Waals surface area contributed by atoms with Crippen molar-refractivity contribution < 1.29 is 8.42 Å². The van der Waals surface area contributed by atoms with Crippen LogP contribution in [0, 0.1) is 0 Å². The molecule has 2 aromatic heterocycles. The molecule has 2 aromatic carbocycles. The Kier molecular flexibility index (Phi) is 4.68. The van der Waals surface area contributed by atoms with E-state index in [1.54, 1.807) is 54.6 Å². The Morgan fingerprint density at radius 2 is 1.69 bits per heavy atom. The van der Waals surface area contributed by atoms with Crippen molar-refractivity contribution in [2.75, 3.05) is 6.26 Å². The van der Waals surface area contributed by atoms with E-state index in [4.69, 9.17) is 11.6 Å². The van der Waals surface area contributed by atoms with Gasteiger partial charge in [0, 0.05) is 22.7 Å². The van der Waals surface area contributed by atoms with Gasteiger partial charge < -0.3 is 0 Å². The van der Waals surface area contributed by atoms with Gasteiger partial charge in [0.05, 0.1) is 29.7 Å². The lowest BCUT2D eigenvalue weighted by atomic mass is 10.2. The third-order valence-corrected chi connectivity index (χ3v) is 5.85. The van der Waals surface area contributed by atoms with Gasteiger partial charge in [-0.05, 0) is 36.4 Å². The minimum atomic E-state index is -3.64. The monoisotopic (exact) mass is 429 g/mol. The Balaban J connectivity index is 1.91. The molecule has 0 aliphatic carbocycles. The molecule has 0 fully saturated rings. The molecule has 0 saturated heterocycles. The van der Waals surface area contributed by atoms with Crippen LogP contribution in [0.5, 0.6) is 0 Å². The Morgan fingerprint density at radius 1 is 0.966 bits per heavy atom. The lowest BCUT2D eigenvalue weighted by molar-refractivity contribution is 0.589. The first-order valence-corrected chi connectivity index (χ1v) is 10.9. The van der Waals surface area contributed by atoms with E-state index >= 15 is 0 Å². The molecule has 0 unspecified atom stereocenters. The molecule has 0 atom stereocenters. The molecule has 0 aliphatic rings. The highest BCUT2D eigenvalue weighted by atomic mass is 35.5. The quantitative estimate of drug-likeness (QED) is 0.499. The first kappa shape index (κ1) is 19.2. The maximum Gasteiger partial charge on any atom is 0.335 e. The van der Waals surface area contributed by atoms with Gasteiger partial charge in [0.15, 0.2) is 0 Å². The number of para-hydroxylation sites is 1. The van der Waals surface area contributed by atoms with Gasteiger partial charge in [-0.1, -0.05) is 29.8 Å². The van der Waals surface area contributed by atoms with Crippen LogP contribution in [0.25, 0.3) is 16.6 Å². The summed E-state index contributed by atoms with van der Waals surface area (Å²) in [5.41, 5.74) is 0.258. The van der Waals surface area contributed by atoms with Crippen molar-refractivity contribution in [3.05, 3.63) is 98.4 Å². The van der Waals surface area contributed by atoms with Crippen LogP contribution in [-0.2, 0) is 16.6 Å². The number of fused-ring (bicyclic) bond motifs is 1. The van der Waals surface area contributed by atoms with Crippen LogP contribution in [0.1, 0.15) is 5.69 Å². The predicted octanol–water partition coefficient (Wildman–Crippen LogP) is 2.46. The fraction of sp³-hybridized carbons (Fsp3) is 0.100. The van der Waals surface area contributed by atoms with E-state index in [1.807, 2.05) is 0 Å². The molecule has 0 spiro atoms. The smallest absolute Gasteiger partial charge is 0.294 e. The van der Waals surface area contributed by atoms with Gasteiger partial charge >= 0.3 is 5.69 Å². The molecule has 2 heterocycles. The summed E-state index contributed by atoms with van der Waals surface area (Å²) in [6.45, 7) is -0.0364. The zero-order valence-corrected chi connectivity index (χ0v) is 16.9. The minimum absolute atomic E-state index is 0.0364. The summed E-state index contributed by atoms with van der Waals surface area (Å²) < 4.78 is 28.4. The van der Waals surface area contributed by atoms with Crippen LogP contribution < -0.4 is 11.2 Å². The average Bonchev–Trinajstić information content (AvgIpc) is 3.02. The number of nitrogens with zero attached hydrogens (tertiary/aromatic N) is 3. The molecule has 9 heteroatoms. The van der Waals surface area contributed by atoms with Crippen molar-refractivity contribution in [2.45, 2.75) is 6.54 Å². The van der Waals surface area contributed by atoms with Crippen LogP contribution >= 0.6 is 11.6 Å². The Hall–Kier alpha value is -3.10. The summed E-state index contributed by atoms with van der Waals surface area (Å²) in [6.07, 6.45) is 2.46. The summed E-state index contributed by atoms with van der Waals surface area (Å²) in [4.78, 5) is 25.3. The van der Waals surface area contributed by atoms with E-state index in [1.165, 1.54) is 20.8 Å². The van der Waals surface area contributed by atoms with Crippen LogP contribution in [0.2, 0.25) is 5.02 Å². The first-order valence-electron chi connectivity index (χ1n) is 8.64. The second-order valence-corrected chi connectivity index (χ2v) is 8.87. The highest BCUT2D eigenvalue weighted by Gasteiger charge is 2.18. The van der Waals surface area contributed by atoms with Crippen LogP contribution in [0.15, 0.2) is 76.4 Å². The van der Waals surface area contributed by atoms with Gasteiger partial charge in [-0.25, -0.2) is 21.8 Å². The van der Waals surface area contributed by atoms with Crippen molar-refractivity contribution in [3.8, 4) is 5.69 Å². The number of hydrogen-bond acceptors (Lipinski definition) is 4. The zero-order valence-electron chi connectivity index (χ0n) is 15.3. The second-order valence-electron chi connectivity index (χ2n) is 6.60. The van der Waals surface area contributed by atoms with Gasteiger partial charge in [-0.15, -0.1) is 0 Å². The van der Waals surface area contributed by atoms with E-state index in [0.717, 1.165) is 10.8 Å². The van der Waals surface area contributed by atoms with Gasteiger partial charge in [-0.2, -0.15) is 0 Å². The summed E-state index contributed by atoms with van der Waals surface area (Å²) in [6, 6.07) is 16.4. The molecular weight excluding hydrogens is 414 g/mol. The van der Waals surface area contributed by atoms with Crippen LogP contribution in [-0.4, -0.2) is 27.8 Å². The Morgan fingerprint density at radius 3 is 2.38 bits per heavy atom. The summed E-state index contributed by atoms with van der Waals surface area (Å²) in [5, 5.41) is 1.12. The predicted molar refractivity (Wildman–Crippen MR) is 113 cm³/mol. The van der Waals surface area contributed by atoms with E-state index in [0.29, 0.717) is 27.3 Å². The van der Waals surface area contributed by atoms with E-state index in [2.05, 4.69) is 0 Å². The van der Waals surface area contributed by atoms with Crippen molar-refractivity contribution in [1.82, 2.24) is 13.1 Å². The summed E-state index contributed by atoms with van der Waals surface area (Å²) in [5.74, 6) is 0. The molecule has 7 nitrogen and oxygen atoms in total. The summed E-state index contributed by atoms with van der Waals surface area (Å²) in [7, 11) is -3.64. The number of benzene rings is 2. The fourth-order valence-corrected chi connectivity index (χ4v) is 4.59. The van der Waals surface area contributed by atoms with Gasteiger partial charge in [-0.3, -0.25) is 9.36 Å². The molecule has 4 aromatic rings. The van der Waals surface area contributed by atoms with Gasteiger partial charge in [0.2, 0.25) is 10.0 Å². The lowest BCUT2D eigenvalue weighted by Gasteiger charge is -2.12. The van der Waals surface area contributed by atoms with Crippen molar-refractivity contribution >= 4 is 32.5 Å². The third-order valence-electron chi connectivity index (χ3n) is 4.52. The summed E-state index contributed by atoms with van der Waals surface area (Å²) >= 11 is 6.03. The highest BCUT2D eigenvalue weighted by molar-refractivity contribution is 7.89. The largest absolute Gasteiger partial charge is 0.335 e. The molecule has 0 radical (unpaired) electrons. The molecule has 0 bridgehead atoms. The molecule has 0 aliphatic heterocycles. The Labute approximate surface area is 171 Å². The normalized spacial score (nSPS) is 11.8. The van der Waals surface area contributed by atoms with E-state index < -0.39 is 21.3 Å². The SMILES string of the molecule is CS(=O)(=O)n1c(Cn2ccc(=O)n(-c3ccccc3)c2=O)cc2cc(Cl)ccc21. The zero-order chi connectivity index (χ0) is 20.8. The van der Waals surface area contributed by atoms with Crippen molar-refractivity contribution in [3.63, 3.8) is 0 Å². The van der Waals surface area contributed by atoms with Gasteiger partial charge in [0.1, 0.15) is 0 Å².